The van der Waals surface area contributed by atoms with Crippen molar-refractivity contribution in [1.29, 1.82) is 0 Å². The number of esters is 1. The maximum atomic E-state index is 12.3. The van der Waals surface area contributed by atoms with Gasteiger partial charge in [-0.15, -0.1) is 0 Å². The van der Waals surface area contributed by atoms with Crippen molar-refractivity contribution in [2.75, 3.05) is 13.7 Å². The molecular weight excluding hydrogens is 532 g/mol. The molecule has 2 rings (SSSR count). The van der Waals surface area contributed by atoms with Gasteiger partial charge in [0, 0.05) is 11.1 Å². The quantitative estimate of drug-likeness (QED) is 0.123. The number of ether oxygens (including phenoxy) is 2. The normalized spacial score (nSPS) is 11.1. The van der Waals surface area contributed by atoms with Crippen molar-refractivity contribution in [2.24, 2.45) is 10.8 Å². The van der Waals surface area contributed by atoms with E-state index >= 15 is 0 Å². The van der Waals surface area contributed by atoms with E-state index in [2.05, 4.69) is 27.4 Å². The summed E-state index contributed by atoms with van der Waals surface area (Å²) in [6.45, 7) is 21.2. The third-order valence-electron chi connectivity index (χ3n) is 7.04. The molecule has 0 radical (unpaired) electrons. The second kappa shape index (κ2) is 17.3. The highest BCUT2D eigenvalue weighted by Gasteiger charge is 2.26. The van der Waals surface area contributed by atoms with E-state index in [1.807, 2.05) is 39.8 Å². The van der Waals surface area contributed by atoms with Crippen molar-refractivity contribution in [3.63, 3.8) is 0 Å². The van der Waals surface area contributed by atoms with E-state index in [1.165, 1.54) is 0 Å². The molecule has 1 N–H and O–H groups in total. The fraction of sp³-hybridized carbons (Fsp3) is 0.486. The Balaban J connectivity index is 0.000000735. The molecule has 0 amide bonds. The molecule has 0 aliphatic rings. The molecule has 0 saturated heterocycles. The topological polar surface area (TPSA) is 107 Å². The summed E-state index contributed by atoms with van der Waals surface area (Å²) in [5.74, 6) is -0.533. The number of benzene rings is 2. The summed E-state index contributed by atoms with van der Waals surface area (Å²) in [5, 5.41) is 8.44. The van der Waals surface area contributed by atoms with Crippen molar-refractivity contribution >= 4 is 23.5 Å². The average Bonchev–Trinajstić information content (AvgIpc) is 2.95. The first-order valence-electron chi connectivity index (χ1n) is 14.2. The summed E-state index contributed by atoms with van der Waals surface area (Å²) in [6, 6.07) is 14.3. The first-order chi connectivity index (χ1) is 19.4. The van der Waals surface area contributed by atoms with Gasteiger partial charge in [0.15, 0.2) is 11.6 Å². The number of aliphatic carboxylic acids is 1. The maximum absolute atomic E-state index is 12.3. The number of carboxylic acid groups (broad SMARTS) is 1. The number of Topliss-reactive ketones (excluding diaryl/α,β-unsaturated/α-hetero) is 2. The molecule has 0 unspecified atom stereocenters. The van der Waals surface area contributed by atoms with Crippen molar-refractivity contribution in [3.05, 3.63) is 77.9 Å². The molecule has 232 valence electrons. The summed E-state index contributed by atoms with van der Waals surface area (Å²) >= 11 is 0. The van der Waals surface area contributed by atoms with E-state index < -0.39 is 11.4 Å². The van der Waals surface area contributed by atoms with Gasteiger partial charge in [-0.2, -0.15) is 0 Å². The van der Waals surface area contributed by atoms with Gasteiger partial charge < -0.3 is 14.6 Å². The van der Waals surface area contributed by atoms with Crippen LogP contribution >= 0.6 is 0 Å². The highest BCUT2D eigenvalue weighted by molar-refractivity contribution is 6.13. The number of carbonyl (C=O) groups is 4. The number of methoxy groups -OCH3 is 1. The van der Waals surface area contributed by atoms with Crippen molar-refractivity contribution < 1.29 is 33.8 Å². The van der Waals surface area contributed by atoms with Crippen LogP contribution in [0.5, 0.6) is 5.75 Å². The Bertz CT molecular complexity index is 1170. The Labute approximate surface area is 252 Å². The Morgan fingerprint density at radius 3 is 1.50 bits per heavy atom. The molecular formula is C35H50O7. The predicted molar refractivity (Wildman–Crippen MR) is 168 cm³/mol. The van der Waals surface area contributed by atoms with Crippen LogP contribution in [0.25, 0.3) is 0 Å². The Hall–Kier alpha value is -3.74. The van der Waals surface area contributed by atoms with E-state index in [-0.39, 0.29) is 34.8 Å². The zero-order chi connectivity index (χ0) is 32.7. The molecule has 0 aliphatic heterocycles. The lowest BCUT2D eigenvalue weighted by molar-refractivity contribution is -0.152. The highest BCUT2D eigenvalue weighted by atomic mass is 16.5. The summed E-state index contributed by atoms with van der Waals surface area (Å²) in [7, 11) is 1.57. The van der Waals surface area contributed by atoms with Gasteiger partial charge in [0.25, 0.3) is 0 Å². The molecule has 0 atom stereocenters. The van der Waals surface area contributed by atoms with Crippen molar-refractivity contribution in [1.82, 2.24) is 0 Å². The maximum Gasteiger partial charge on any atom is 0.311 e. The van der Waals surface area contributed by atoms with Crippen LogP contribution in [0.1, 0.15) is 108 Å². The van der Waals surface area contributed by atoms with Crippen LogP contribution in [0.2, 0.25) is 0 Å². The number of rotatable bonds is 11. The molecule has 0 spiro atoms. The molecule has 7 heteroatoms. The van der Waals surface area contributed by atoms with Crippen LogP contribution in [0.15, 0.2) is 61.2 Å². The van der Waals surface area contributed by atoms with Gasteiger partial charge in [0.1, 0.15) is 12.4 Å². The fourth-order valence-electron chi connectivity index (χ4n) is 2.91. The lowest BCUT2D eigenvalue weighted by Crippen LogP contribution is -2.25. The molecule has 0 aliphatic carbocycles. The van der Waals surface area contributed by atoms with Gasteiger partial charge in [-0.1, -0.05) is 71.5 Å². The van der Waals surface area contributed by atoms with Gasteiger partial charge in [0.2, 0.25) is 0 Å². The number of carbonyl (C=O) groups excluding carboxylic acids is 3. The molecule has 7 nitrogen and oxygen atoms in total. The van der Waals surface area contributed by atoms with Crippen LogP contribution in [-0.2, 0) is 19.7 Å². The van der Waals surface area contributed by atoms with Crippen molar-refractivity contribution in [3.8, 4) is 5.75 Å². The summed E-state index contributed by atoms with van der Waals surface area (Å²) in [5.41, 5.74) is 1.39. The van der Waals surface area contributed by atoms with Gasteiger partial charge in [-0.25, -0.2) is 0 Å². The standard InChI is InChI=1S/C20H22O3.C9H16O2.C6H12O2/c1-20(2,3)16-9-5-14(6-10-16)18(21)13-19(22)15-7-11-17(23-4)12-8-15;1-5-7-11-8(10)9(3,4)6-2;1-4-6(2,3)5(7)8/h5-12H,13H2,1-4H3;5H,1,6-7H2,2-4H3;4H2,1-3H3,(H,7,8). The van der Waals surface area contributed by atoms with Gasteiger partial charge in [-0.3, -0.25) is 19.2 Å². The molecule has 0 fully saturated rings. The van der Waals surface area contributed by atoms with Crippen LogP contribution in [0, 0.1) is 10.8 Å². The van der Waals surface area contributed by atoms with Crippen LogP contribution < -0.4 is 4.74 Å². The Kier molecular flexibility index (Phi) is 15.7. The molecule has 0 saturated carbocycles. The lowest BCUT2D eigenvalue weighted by atomic mass is 9.86. The van der Waals surface area contributed by atoms with Crippen LogP contribution in [0.3, 0.4) is 0 Å². The van der Waals surface area contributed by atoms with E-state index in [0.29, 0.717) is 29.9 Å². The molecule has 0 aromatic heterocycles. The molecule has 0 bridgehead atoms. The van der Waals surface area contributed by atoms with E-state index in [1.54, 1.807) is 63.4 Å². The van der Waals surface area contributed by atoms with Gasteiger partial charge in [-0.05, 0) is 75.8 Å². The minimum atomic E-state index is -0.722. The second-order valence-electron chi connectivity index (χ2n) is 12.2. The van der Waals surface area contributed by atoms with Crippen LogP contribution in [0.4, 0.5) is 0 Å². The van der Waals surface area contributed by atoms with Crippen LogP contribution in [-0.4, -0.2) is 42.3 Å². The predicted octanol–water partition coefficient (Wildman–Crippen LogP) is 8.11. The summed E-state index contributed by atoms with van der Waals surface area (Å²) in [6.07, 6.45) is 2.93. The minimum Gasteiger partial charge on any atom is -0.497 e. The highest BCUT2D eigenvalue weighted by Crippen LogP contribution is 2.23. The molecule has 42 heavy (non-hydrogen) atoms. The molecule has 2 aromatic carbocycles. The number of hydrogen-bond acceptors (Lipinski definition) is 6. The SMILES string of the molecule is C=CCOC(=O)C(C)(C)CC.CCC(C)(C)C(=O)O.COc1ccc(C(=O)CC(=O)c2ccc(C(C)(C)C)cc2)cc1. The minimum absolute atomic E-state index is 0.0422. The third kappa shape index (κ3) is 13.3. The monoisotopic (exact) mass is 582 g/mol. The lowest BCUT2D eigenvalue weighted by Gasteiger charge is -2.19. The number of ketones is 2. The average molecular weight is 583 g/mol. The summed E-state index contributed by atoms with van der Waals surface area (Å²) < 4.78 is 9.95. The first kappa shape index (κ1) is 38.3. The Morgan fingerprint density at radius 1 is 0.762 bits per heavy atom. The Morgan fingerprint density at radius 2 is 1.19 bits per heavy atom. The van der Waals surface area contributed by atoms with E-state index in [9.17, 15) is 19.2 Å². The third-order valence-corrected chi connectivity index (χ3v) is 7.04. The largest absolute Gasteiger partial charge is 0.497 e. The van der Waals surface area contributed by atoms with E-state index in [0.717, 1.165) is 12.0 Å². The van der Waals surface area contributed by atoms with E-state index in [4.69, 9.17) is 14.6 Å². The van der Waals surface area contributed by atoms with Crippen molar-refractivity contribution in [2.45, 2.75) is 87.0 Å². The molecule has 2 aromatic rings. The second-order valence-corrected chi connectivity index (χ2v) is 12.2. The number of hydrogen-bond donors (Lipinski definition) is 1. The van der Waals surface area contributed by atoms with Gasteiger partial charge in [0.05, 0.1) is 24.4 Å². The van der Waals surface area contributed by atoms with Gasteiger partial charge >= 0.3 is 11.9 Å². The number of carboxylic acids is 1. The molecule has 0 heterocycles. The zero-order valence-electron chi connectivity index (χ0n) is 27.1. The fourth-order valence-corrected chi connectivity index (χ4v) is 2.91. The first-order valence-corrected chi connectivity index (χ1v) is 14.2. The smallest absolute Gasteiger partial charge is 0.311 e. The summed E-state index contributed by atoms with van der Waals surface area (Å²) in [4.78, 5) is 45.9. The zero-order valence-corrected chi connectivity index (χ0v) is 27.1.